The monoisotopic (exact) mass is 318 g/mol. The first-order chi connectivity index (χ1) is 11.7. The number of hydrogen-bond donors (Lipinski definition) is 2. The van der Waals surface area contributed by atoms with Gasteiger partial charge in [0, 0.05) is 17.0 Å². The first-order valence-electron chi connectivity index (χ1n) is 8.23. The number of aryl methyl sites for hydroxylation is 1. The molecule has 0 bridgehead atoms. The van der Waals surface area contributed by atoms with Crippen LogP contribution in [0.15, 0.2) is 59.4 Å². The second-order valence-corrected chi connectivity index (χ2v) is 6.21. The topological polar surface area (TPSA) is 62.0 Å². The molecule has 0 saturated carbocycles. The molecule has 4 rings (SSSR count). The number of aromatic nitrogens is 1. The SMILES string of the molecule is O=C(N[C@@H]1CCCc2ccccc21)c1cc(=O)[nH]c2ccccc12. The van der Waals surface area contributed by atoms with Crippen molar-refractivity contribution in [1.82, 2.24) is 10.3 Å². The van der Waals surface area contributed by atoms with Crippen LogP contribution in [0, 0.1) is 0 Å². The zero-order valence-corrected chi connectivity index (χ0v) is 13.2. The van der Waals surface area contributed by atoms with Gasteiger partial charge in [0.1, 0.15) is 0 Å². The van der Waals surface area contributed by atoms with Gasteiger partial charge in [-0.1, -0.05) is 42.5 Å². The third-order valence-corrected chi connectivity index (χ3v) is 4.67. The van der Waals surface area contributed by atoms with Crippen molar-refractivity contribution in [2.75, 3.05) is 0 Å². The Kier molecular flexibility index (Phi) is 3.65. The average molecular weight is 318 g/mol. The van der Waals surface area contributed by atoms with Crippen LogP contribution < -0.4 is 10.9 Å². The van der Waals surface area contributed by atoms with Gasteiger partial charge in [0.25, 0.3) is 5.91 Å². The van der Waals surface area contributed by atoms with E-state index in [9.17, 15) is 9.59 Å². The molecular formula is C20H18N2O2. The summed E-state index contributed by atoms with van der Waals surface area (Å²) in [6, 6.07) is 17.0. The quantitative estimate of drug-likeness (QED) is 0.761. The van der Waals surface area contributed by atoms with Gasteiger partial charge in [-0.2, -0.15) is 0 Å². The van der Waals surface area contributed by atoms with E-state index in [1.54, 1.807) is 0 Å². The molecule has 1 aliphatic carbocycles. The molecule has 1 amide bonds. The molecule has 2 aromatic carbocycles. The van der Waals surface area contributed by atoms with Crippen LogP contribution in [0.25, 0.3) is 10.9 Å². The standard InChI is InChI=1S/C20H18N2O2/c23-19-12-16(15-9-3-4-10-18(15)21-19)20(24)22-17-11-5-7-13-6-1-2-8-14(13)17/h1-4,6,8-10,12,17H,5,7,11H2,(H,21,23)(H,22,24)/t17-/m1/s1. The number of para-hydroxylation sites is 1. The Morgan fingerprint density at radius 2 is 1.88 bits per heavy atom. The molecular weight excluding hydrogens is 300 g/mol. The summed E-state index contributed by atoms with van der Waals surface area (Å²) in [5.74, 6) is -0.195. The fraction of sp³-hybridized carbons (Fsp3) is 0.200. The summed E-state index contributed by atoms with van der Waals surface area (Å²) in [5.41, 5.74) is 3.33. The molecule has 2 N–H and O–H groups in total. The molecule has 0 spiro atoms. The fourth-order valence-electron chi connectivity index (χ4n) is 3.53. The van der Waals surface area contributed by atoms with Crippen LogP contribution in [0.4, 0.5) is 0 Å². The highest BCUT2D eigenvalue weighted by atomic mass is 16.2. The van der Waals surface area contributed by atoms with E-state index >= 15 is 0 Å². The number of aromatic amines is 1. The number of carbonyl (C=O) groups excluding carboxylic acids is 1. The molecule has 1 aromatic heterocycles. The van der Waals surface area contributed by atoms with Crippen molar-refractivity contribution in [2.45, 2.75) is 25.3 Å². The van der Waals surface area contributed by atoms with E-state index in [0.29, 0.717) is 11.1 Å². The average Bonchev–Trinajstić information content (AvgIpc) is 2.61. The van der Waals surface area contributed by atoms with Crippen molar-refractivity contribution >= 4 is 16.8 Å². The number of nitrogens with one attached hydrogen (secondary N) is 2. The third kappa shape index (κ3) is 2.60. The molecule has 1 heterocycles. The lowest BCUT2D eigenvalue weighted by Crippen LogP contribution is -2.31. The second-order valence-electron chi connectivity index (χ2n) is 6.21. The van der Waals surface area contributed by atoms with Crippen LogP contribution in [-0.4, -0.2) is 10.9 Å². The number of pyridine rings is 1. The summed E-state index contributed by atoms with van der Waals surface area (Å²) in [7, 11) is 0. The molecule has 0 unspecified atom stereocenters. The summed E-state index contributed by atoms with van der Waals surface area (Å²) < 4.78 is 0. The van der Waals surface area contributed by atoms with Gasteiger partial charge in [-0.3, -0.25) is 9.59 Å². The summed E-state index contributed by atoms with van der Waals surface area (Å²) in [5, 5.41) is 3.88. The van der Waals surface area contributed by atoms with E-state index in [1.165, 1.54) is 17.2 Å². The highest BCUT2D eigenvalue weighted by Crippen LogP contribution is 2.30. The van der Waals surface area contributed by atoms with E-state index in [-0.39, 0.29) is 17.5 Å². The van der Waals surface area contributed by atoms with Gasteiger partial charge in [-0.05, 0) is 36.5 Å². The van der Waals surface area contributed by atoms with E-state index in [4.69, 9.17) is 0 Å². The van der Waals surface area contributed by atoms with Crippen molar-refractivity contribution in [3.05, 3.63) is 81.6 Å². The Labute approximate surface area is 139 Å². The molecule has 1 aliphatic rings. The number of fused-ring (bicyclic) bond motifs is 2. The first-order valence-corrected chi connectivity index (χ1v) is 8.23. The second kappa shape index (κ2) is 5.96. The Bertz CT molecular complexity index is 975. The van der Waals surface area contributed by atoms with E-state index in [2.05, 4.69) is 22.4 Å². The van der Waals surface area contributed by atoms with Crippen LogP contribution in [-0.2, 0) is 6.42 Å². The predicted octanol–water partition coefficient (Wildman–Crippen LogP) is 3.34. The first kappa shape index (κ1) is 14.7. The van der Waals surface area contributed by atoms with Crippen molar-refractivity contribution in [2.24, 2.45) is 0 Å². The molecule has 3 aromatic rings. The van der Waals surface area contributed by atoms with Crippen LogP contribution in [0.1, 0.15) is 40.4 Å². The van der Waals surface area contributed by atoms with Crippen LogP contribution in [0.5, 0.6) is 0 Å². The minimum Gasteiger partial charge on any atom is -0.345 e. The number of benzene rings is 2. The van der Waals surface area contributed by atoms with Crippen LogP contribution >= 0.6 is 0 Å². The van der Waals surface area contributed by atoms with E-state index < -0.39 is 0 Å². The Morgan fingerprint density at radius 3 is 2.79 bits per heavy atom. The number of hydrogen-bond acceptors (Lipinski definition) is 2. The van der Waals surface area contributed by atoms with Crippen molar-refractivity contribution in [3.63, 3.8) is 0 Å². The molecule has 4 heteroatoms. The molecule has 120 valence electrons. The largest absolute Gasteiger partial charge is 0.345 e. The summed E-state index contributed by atoms with van der Waals surface area (Å²) >= 11 is 0. The Balaban J connectivity index is 1.70. The van der Waals surface area contributed by atoms with E-state index in [1.807, 2.05) is 36.4 Å². The summed E-state index contributed by atoms with van der Waals surface area (Å²) in [4.78, 5) is 27.5. The third-order valence-electron chi connectivity index (χ3n) is 4.67. The van der Waals surface area contributed by atoms with Crippen molar-refractivity contribution in [3.8, 4) is 0 Å². The van der Waals surface area contributed by atoms with Gasteiger partial charge >= 0.3 is 0 Å². The predicted molar refractivity (Wildman–Crippen MR) is 94.2 cm³/mol. The number of amides is 1. The maximum atomic E-state index is 12.8. The van der Waals surface area contributed by atoms with Gasteiger partial charge in [0.05, 0.1) is 11.6 Å². The molecule has 0 radical (unpaired) electrons. The minimum absolute atomic E-state index is 0.000463. The molecule has 1 atom stereocenters. The van der Waals surface area contributed by atoms with Gasteiger partial charge in [0.15, 0.2) is 0 Å². The lowest BCUT2D eigenvalue weighted by Gasteiger charge is -2.26. The number of carbonyl (C=O) groups is 1. The molecule has 24 heavy (non-hydrogen) atoms. The Hall–Kier alpha value is -2.88. The van der Waals surface area contributed by atoms with Crippen LogP contribution in [0.3, 0.4) is 0 Å². The fourth-order valence-corrected chi connectivity index (χ4v) is 3.53. The van der Waals surface area contributed by atoms with Crippen LogP contribution in [0.2, 0.25) is 0 Å². The van der Waals surface area contributed by atoms with Gasteiger partial charge in [0.2, 0.25) is 5.56 Å². The lowest BCUT2D eigenvalue weighted by molar-refractivity contribution is 0.0934. The highest BCUT2D eigenvalue weighted by Gasteiger charge is 2.22. The summed E-state index contributed by atoms with van der Waals surface area (Å²) in [6.07, 6.45) is 3.03. The molecule has 4 nitrogen and oxygen atoms in total. The minimum atomic E-state index is -0.261. The maximum absolute atomic E-state index is 12.8. The van der Waals surface area contributed by atoms with Gasteiger partial charge in [-0.15, -0.1) is 0 Å². The highest BCUT2D eigenvalue weighted by molar-refractivity contribution is 6.06. The number of H-pyrrole nitrogens is 1. The summed E-state index contributed by atoms with van der Waals surface area (Å²) in [6.45, 7) is 0. The molecule has 0 saturated heterocycles. The van der Waals surface area contributed by atoms with Crippen molar-refractivity contribution < 1.29 is 4.79 Å². The van der Waals surface area contributed by atoms with E-state index in [0.717, 1.165) is 24.6 Å². The normalized spacial score (nSPS) is 16.6. The lowest BCUT2D eigenvalue weighted by atomic mass is 9.87. The zero-order valence-electron chi connectivity index (χ0n) is 13.2. The zero-order chi connectivity index (χ0) is 16.5. The smallest absolute Gasteiger partial charge is 0.252 e. The maximum Gasteiger partial charge on any atom is 0.252 e. The number of rotatable bonds is 2. The molecule has 0 fully saturated rings. The Morgan fingerprint density at radius 1 is 1.08 bits per heavy atom. The van der Waals surface area contributed by atoms with Crippen molar-refractivity contribution in [1.29, 1.82) is 0 Å². The van der Waals surface area contributed by atoms with Gasteiger partial charge < -0.3 is 10.3 Å². The van der Waals surface area contributed by atoms with Gasteiger partial charge in [-0.25, -0.2) is 0 Å². The molecule has 0 aliphatic heterocycles.